The largest absolute Gasteiger partial charge is 0.457 e. The van der Waals surface area contributed by atoms with Gasteiger partial charge in [-0.1, -0.05) is 30.3 Å². The first-order valence-electron chi connectivity index (χ1n) is 8.07. The van der Waals surface area contributed by atoms with Crippen LogP contribution in [0, 0.1) is 5.92 Å². The van der Waals surface area contributed by atoms with Crippen molar-refractivity contribution in [3.8, 4) is 11.5 Å². The molecule has 0 aromatic heterocycles. The van der Waals surface area contributed by atoms with Crippen LogP contribution in [0.4, 0.5) is 0 Å². The van der Waals surface area contributed by atoms with E-state index in [0.717, 1.165) is 29.9 Å². The summed E-state index contributed by atoms with van der Waals surface area (Å²) in [5, 5.41) is 5.43. The van der Waals surface area contributed by atoms with Crippen molar-refractivity contribution in [2.75, 3.05) is 6.54 Å². The van der Waals surface area contributed by atoms with E-state index in [-0.39, 0.29) is 24.3 Å². The SMILES string of the molecule is O=C(CNC(=O)C1CC1)NCc1ccc(Oc2ccccc2)cc1. The van der Waals surface area contributed by atoms with E-state index < -0.39 is 0 Å². The standard InChI is InChI=1S/C19H20N2O3/c22-18(13-21-19(23)15-8-9-15)20-12-14-6-10-17(11-7-14)24-16-4-2-1-3-5-16/h1-7,10-11,15H,8-9,12-13H2,(H,20,22)(H,21,23). The van der Waals surface area contributed by atoms with Gasteiger partial charge >= 0.3 is 0 Å². The second-order valence-corrected chi connectivity index (χ2v) is 5.83. The van der Waals surface area contributed by atoms with E-state index in [4.69, 9.17) is 4.74 Å². The molecule has 1 aliphatic carbocycles. The van der Waals surface area contributed by atoms with Crippen LogP contribution in [-0.4, -0.2) is 18.4 Å². The van der Waals surface area contributed by atoms with E-state index in [1.165, 1.54) is 0 Å². The zero-order chi connectivity index (χ0) is 16.8. The zero-order valence-electron chi connectivity index (χ0n) is 13.3. The first kappa shape index (κ1) is 16.1. The second-order valence-electron chi connectivity index (χ2n) is 5.83. The van der Waals surface area contributed by atoms with Crippen molar-refractivity contribution in [3.63, 3.8) is 0 Å². The number of carbonyl (C=O) groups excluding carboxylic acids is 2. The van der Waals surface area contributed by atoms with Crippen LogP contribution in [-0.2, 0) is 16.1 Å². The molecule has 1 fully saturated rings. The van der Waals surface area contributed by atoms with Crippen LogP contribution in [0.25, 0.3) is 0 Å². The summed E-state index contributed by atoms with van der Waals surface area (Å²) in [7, 11) is 0. The highest BCUT2D eigenvalue weighted by atomic mass is 16.5. The monoisotopic (exact) mass is 324 g/mol. The van der Waals surface area contributed by atoms with Gasteiger partial charge in [0.1, 0.15) is 11.5 Å². The van der Waals surface area contributed by atoms with Gasteiger partial charge in [-0.05, 0) is 42.7 Å². The van der Waals surface area contributed by atoms with Gasteiger partial charge in [0.05, 0.1) is 6.54 Å². The number of para-hydroxylation sites is 1. The van der Waals surface area contributed by atoms with Crippen molar-refractivity contribution in [3.05, 3.63) is 60.2 Å². The van der Waals surface area contributed by atoms with Crippen molar-refractivity contribution in [2.45, 2.75) is 19.4 Å². The smallest absolute Gasteiger partial charge is 0.239 e. The van der Waals surface area contributed by atoms with Crippen LogP contribution in [0.3, 0.4) is 0 Å². The summed E-state index contributed by atoms with van der Waals surface area (Å²) in [6.07, 6.45) is 1.87. The van der Waals surface area contributed by atoms with Crippen molar-refractivity contribution < 1.29 is 14.3 Å². The topological polar surface area (TPSA) is 67.4 Å². The number of ether oxygens (including phenoxy) is 1. The molecule has 2 aromatic carbocycles. The van der Waals surface area contributed by atoms with Gasteiger partial charge in [-0.15, -0.1) is 0 Å². The number of rotatable bonds is 7. The average Bonchev–Trinajstić information content (AvgIpc) is 3.45. The van der Waals surface area contributed by atoms with Gasteiger partial charge in [-0.3, -0.25) is 9.59 Å². The minimum absolute atomic E-state index is 0.0208. The summed E-state index contributed by atoms with van der Waals surface area (Å²) < 4.78 is 5.72. The van der Waals surface area contributed by atoms with Gasteiger partial charge in [0, 0.05) is 12.5 Å². The molecule has 2 amide bonds. The summed E-state index contributed by atoms with van der Waals surface area (Å²) >= 11 is 0. The summed E-state index contributed by atoms with van der Waals surface area (Å²) in [6.45, 7) is 0.453. The Morgan fingerprint density at radius 3 is 2.25 bits per heavy atom. The number of hydrogen-bond donors (Lipinski definition) is 2. The fraction of sp³-hybridized carbons (Fsp3) is 0.263. The maximum atomic E-state index is 11.7. The van der Waals surface area contributed by atoms with Gasteiger partial charge in [0.2, 0.25) is 11.8 Å². The summed E-state index contributed by atoms with van der Waals surface area (Å²) in [5.41, 5.74) is 0.970. The molecule has 0 heterocycles. The Hall–Kier alpha value is -2.82. The third kappa shape index (κ3) is 4.84. The van der Waals surface area contributed by atoms with Crippen LogP contribution in [0.2, 0.25) is 0 Å². The molecule has 24 heavy (non-hydrogen) atoms. The molecule has 2 aromatic rings. The Labute approximate surface area is 141 Å². The maximum Gasteiger partial charge on any atom is 0.239 e. The molecule has 0 saturated heterocycles. The van der Waals surface area contributed by atoms with Gasteiger partial charge in [0.25, 0.3) is 0 Å². The van der Waals surface area contributed by atoms with Crippen LogP contribution >= 0.6 is 0 Å². The summed E-state index contributed by atoms with van der Waals surface area (Å²) in [5.74, 6) is 1.44. The van der Waals surface area contributed by atoms with Gasteiger partial charge < -0.3 is 15.4 Å². The van der Waals surface area contributed by atoms with E-state index >= 15 is 0 Å². The predicted molar refractivity (Wildman–Crippen MR) is 90.5 cm³/mol. The lowest BCUT2D eigenvalue weighted by Gasteiger charge is -2.08. The molecule has 0 aliphatic heterocycles. The Morgan fingerprint density at radius 2 is 1.58 bits per heavy atom. The Balaban J connectivity index is 1.42. The number of carbonyl (C=O) groups is 2. The minimum atomic E-state index is -0.186. The van der Waals surface area contributed by atoms with Crippen LogP contribution in [0.5, 0.6) is 11.5 Å². The number of benzene rings is 2. The van der Waals surface area contributed by atoms with Crippen LogP contribution < -0.4 is 15.4 Å². The average molecular weight is 324 g/mol. The molecule has 5 heteroatoms. The third-order valence-corrected chi connectivity index (χ3v) is 3.76. The van der Waals surface area contributed by atoms with Gasteiger partial charge in [-0.25, -0.2) is 0 Å². The molecular weight excluding hydrogens is 304 g/mol. The van der Waals surface area contributed by atoms with E-state index in [1.54, 1.807) is 0 Å². The quantitative estimate of drug-likeness (QED) is 0.823. The number of nitrogens with one attached hydrogen (secondary N) is 2. The van der Waals surface area contributed by atoms with E-state index in [1.807, 2.05) is 54.6 Å². The van der Waals surface area contributed by atoms with Gasteiger partial charge in [0.15, 0.2) is 0 Å². The summed E-state index contributed by atoms with van der Waals surface area (Å²) in [4.78, 5) is 23.2. The normalized spacial score (nSPS) is 13.2. The highest BCUT2D eigenvalue weighted by Crippen LogP contribution is 2.28. The lowest BCUT2D eigenvalue weighted by Crippen LogP contribution is -2.37. The Morgan fingerprint density at radius 1 is 0.917 bits per heavy atom. The molecule has 0 radical (unpaired) electrons. The molecular formula is C19H20N2O3. The Bertz CT molecular complexity index is 694. The van der Waals surface area contributed by atoms with Crippen molar-refractivity contribution in [1.29, 1.82) is 0 Å². The Kier molecular flexibility index (Phi) is 5.11. The first-order chi connectivity index (χ1) is 11.7. The molecule has 1 saturated carbocycles. The molecule has 3 rings (SSSR count). The van der Waals surface area contributed by atoms with E-state index in [9.17, 15) is 9.59 Å². The molecule has 1 aliphatic rings. The predicted octanol–water partition coefficient (Wildman–Crippen LogP) is 2.62. The molecule has 2 N–H and O–H groups in total. The van der Waals surface area contributed by atoms with Crippen LogP contribution in [0.1, 0.15) is 18.4 Å². The van der Waals surface area contributed by atoms with Gasteiger partial charge in [-0.2, -0.15) is 0 Å². The zero-order valence-corrected chi connectivity index (χ0v) is 13.3. The maximum absolute atomic E-state index is 11.7. The molecule has 0 unspecified atom stereocenters. The minimum Gasteiger partial charge on any atom is -0.457 e. The lowest BCUT2D eigenvalue weighted by atomic mass is 10.2. The number of hydrogen-bond acceptors (Lipinski definition) is 3. The van der Waals surface area contributed by atoms with Crippen molar-refractivity contribution in [1.82, 2.24) is 10.6 Å². The van der Waals surface area contributed by atoms with E-state index in [2.05, 4.69) is 10.6 Å². The highest BCUT2D eigenvalue weighted by molar-refractivity contribution is 5.86. The molecule has 0 atom stereocenters. The van der Waals surface area contributed by atoms with E-state index in [0.29, 0.717) is 6.54 Å². The fourth-order valence-electron chi connectivity index (χ4n) is 2.22. The first-order valence-corrected chi connectivity index (χ1v) is 8.07. The molecule has 0 bridgehead atoms. The lowest BCUT2D eigenvalue weighted by molar-refractivity contribution is -0.126. The molecule has 0 spiro atoms. The fourth-order valence-corrected chi connectivity index (χ4v) is 2.22. The highest BCUT2D eigenvalue weighted by Gasteiger charge is 2.29. The summed E-state index contributed by atoms with van der Waals surface area (Å²) in [6, 6.07) is 17.1. The van der Waals surface area contributed by atoms with Crippen molar-refractivity contribution >= 4 is 11.8 Å². The van der Waals surface area contributed by atoms with Crippen molar-refractivity contribution in [2.24, 2.45) is 5.92 Å². The molecule has 124 valence electrons. The van der Waals surface area contributed by atoms with Crippen LogP contribution in [0.15, 0.2) is 54.6 Å². The molecule has 5 nitrogen and oxygen atoms in total. The third-order valence-electron chi connectivity index (χ3n) is 3.76. The number of amides is 2. The second kappa shape index (κ2) is 7.64.